The zero-order valence-electron chi connectivity index (χ0n) is 36.2. The van der Waals surface area contributed by atoms with E-state index in [4.69, 9.17) is 0 Å². The molecule has 0 aromatic heterocycles. The van der Waals surface area contributed by atoms with Crippen LogP contribution in [0.1, 0.15) is 229 Å². The van der Waals surface area contributed by atoms with Gasteiger partial charge in [0, 0.05) is 10.3 Å². The zero-order valence-corrected chi connectivity index (χ0v) is 37.0. The fourth-order valence-corrected chi connectivity index (χ4v) is 34.2. The lowest BCUT2D eigenvalue weighted by atomic mass is 9.39. The molecule has 0 saturated heterocycles. The number of hydrogen-bond acceptors (Lipinski definition) is 1. The molecule has 0 nitrogen and oxygen atoms in total. The van der Waals surface area contributed by atoms with E-state index in [1.165, 1.54) is 0 Å². The third-order valence-electron chi connectivity index (χ3n) is 30.4. The summed E-state index contributed by atoms with van der Waals surface area (Å²) in [6.45, 7) is 2.63. The predicted molar refractivity (Wildman–Crippen MR) is 261 cm³/mol. The van der Waals surface area contributed by atoms with Crippen LogP contribution < -0.4 is 0 Å². The van der Waals surface area contributed by atoms with Crippen LogP contribution in [0.15, 0.2) is 23.1 Å². The molecule has 1 heteroatoms. The Hall–Kier alpha value is -5.37. The van der Waals surface area contributed by atoms with Crippen LogP contribution in [-0.4, -0.2) is 0 Å². The summed E-state index contributed by atoms with van der Waals surface area (Å²) in [5.74, 6) is 13.5. The van der Waals surface area contributed by atoms with E-state index in [1.54, 1.807) is 10.5 Å². The van der Waals surface area contributed by atoms with Gasteiger partial charge < -0.3 is 0 Å². The van der Waals surface area contributed by atoms with Crippen LogP contribution in [0.25, 0.3) is 97.3 Å². The molecule has 11 aromatic carbocycles. The molecule has 300 valence electrons. The largest absolute Gasteiger partial charge is 0.112 e. The maximum absolute atomic E-state index is 2.71. The van der Waals surface area contributed by atoms with Gasteiger partial charge in [0.2, 0.25) is 0 Å². The molecule has 68 heavy (non-hydrogen) atoms. The molecule has 1 aliphatic heterocycles. The van der Waals surface area contributed by atoms with E-state index < -0.39 is 0 Å². The highest BCUT2D eigenvalue weighted by Gasteiger charge is 2.89. The second-order valence-electron chi connectivity index (χ2n) is 29.1. The summed E-state index contributed by atoms with van der Waals surface area (Å²) in [6, 6.07) is 7.85. The lowest BCUT2D eigenvalue weighted by molar-refractivity contribution is 0.0339. The molecule has 22 atom stereocenters. The van der Waals surface area contributed by atoms with Gasteiger partial charge in [-0.05, 0) is 351 Å². The number of benzene rings is 10. The third-order valence-corrected chi connectivity index (χ3v) is 32.1. The van der Waals surface area contributed by atoms with E-state index in [0.717, 1.165) is 0 Å². The Kier molecular flexibility index (Phi) is 2.36. The highest BCUT2D eigenvalue weighted by molar-refractivity contribution is 8.00. The first-order valence-electron chi connectivity index (χ1n) is 27.8. The molecule has 2 spiro atoms. The van der Waals surface area contributed by atoms with E-state index in [0.29, 0.717) is 118 Å². The Balaban J connectivity index is 1.05. The van der Waals surface area contributed by atoms with Crippen molar-refractivity contribution in [2.24, 2.45) is 11.8 Å². The van der Waals surface area contributed by atoms with Crippen molar-refractivity contribution in [3.8, 4) is 11.1 Å². The van der Waals surface area contributed by atoms with Crippen molar-refractivity contribution in [1.29, 1.82) is 0 Å². The van der Waals surface area contributed by atoms with Crippen LogP contribution >= 0.6 is 11.8 Å². The molecular weight excluding hydrogens is 837 g/mol. The van der Waals surface area contributed by atoms with Crippen LogP contribution in [0.2, 0.25) is 0 Å². The van der Waals surface area contributed by atoms with Crippen molar-refractivity contribution in [2.75, 3.05) is 0 Å². The van der Waals surface area contributed by atoms with Gasteiger partial charge in [-0.15, -0.1) is 11.8 Å². The number of fused-ring (bicyclic) bond motifs is 1. The molecule has 22 aliphatic carbocycles. The summed E-state index contributed by atoms with van der Waals surface area (Å²) in [7, 11) is 0. The molecule has 0 N–H and O–H groups in total. The van der Waals surface area contributed by atoms with Crippen LogP contribution in [-0.2, 0) is 10.2 Å². The predicted octanol–water partition coefficient (Wildman–Crippen LogP) is 14.8. The quantitative estimate of drug-likeness (QED) is 0.137. The van der Waals surface area contributed by atoms with Crippen molar-refractivity contribution in [3.63, 3.8) is 0 Å². The number of thioether (sulfide) groups is 1. The van der Waals surface area contributed by atoms with Gasteiger partial charge in [0.25, 0.3) is 0 Å². The first-order chi connectivity index (χ1) is 33.8. The number of rotatable bonds is 0. The zero-order chi connectivity index (χ0) is 40.0. The average Bonchev–Trinajstić information content (AvgIpc) is 4.19. The van der Waals surface area contributed by atoms with Crippen molar-refractivity contribution in [2.45, 2.75) is 129 Å². The summed E-state index contributed by atoms with van der Waals surface area (Å²) in [4.78, 5) is 1.73. The first kappa shape index (κ1) is 26.6. The van der Waals surface area contributed by atoms with Gasteiger partial charge in [-0.25, -0.2) is 0 Å². The molecule has 1 heterocycles. The maximum atomic E-state index is 2.71. The number of aryl methyl sites for hydroxylation is 1. The summed E-state index contributed by atoms with van der Waals surface area (Å²) < 4.78 is 0.0784. The summed E-state index contributed by atoms with van der Waals surface area (Å²) >= 11 is 2.57. The first-order valence-corrected chi connectivity index (χ1v) is 28.7. The van der Waals surface area contributed by atoms with E-state index in [2.05, 4.69) is 48.0 Å². The van der Waals surface area contributed by atoms with E-state index in [9.17, 15) is 0 Å². The molecule has 23 aliphatic rings. The minimum atomic E-state index is 0.0475. The summed E-state index contributed by atoms with van der Waals surface area (Å²) in [5, 5.41) is 30.8. The lowest BCUT2D eigenvalue weighted by Crippen LogP contribution is -2.62. The van der Waals surface area contributed by atoms with E-state index in [1.807, 2.05) is 203 Å². The molecule has 0 bridgehead atoms. The minimum absolute atomic E-state index is 0.0475. The second kappa shape index (κ2) is 6.04. The summed E-state index contributed by atoms with van der Waals surface area (Å²) in [6.07, 6.45) is 0. The normalized spacial score (nSPS) is 49.0. The van der Waals surface area contributed by atoms with Gasteiger partial charge >= 0.3 is 0 Å². The van der Waals surface area contributed by atoms with Crippen LogP contribution in [0.5, 0.6) is 0 Å². The van der Waals surface area contributed by atoms with E-state index in [-0.39, 0.29) is 10.2 Å². The fraction of sp³-hybridized carbons (Fsp3) is 0.343. The van der Waals surface area contributed by atoms with Crippen LogP contribution in [0.3, 0.4) is 0 Å². The van der Waals surface area contributed by atoms with Gasteiger partial charge in [-0.2, -0.15) is 0 Å². The standard InChI is InChI=1S/C67H26S/c1-5-3-2-4-6-61(5)66-62-53-45-35-25-17-9-7-8-11-15-13(9)21-29-23(15)33-27-19(11)20-12(8)16-14-10(7)18(17)26-32-22(14)30-24(16)34-28(20)38-37(27)49-43(33)51-41(29)47(39(45)31(21)25)55(62)57(51)64-59(49)60-50(38)44(34)52-42(30)48-40(32)46(36(26)35)54(53)63(66)56(48)58(52)65(60)67(64,66)68-6/h2-4,9,11,13,15,17,19,25,27,35-38,46,50,54,56,58,60,63,65H,1H3. The topological polar surface area (TPSA) is 0 Å². The number of hydrogen-bond donors (Lipinski definition) is 0. The molecule has 11 aromatic rings. The molecular formula is C67H26S. The van der Waals surface area contributed by atoms with Gasteiger partial charge in [0.15, 0.2) is 0 Å². The van der Waals surface area contributed by atoms with Crippen molar-refractivity contribution in [1.82, 2.24) is 0 Å². The minimum Gasteiger partial charge on any atom is -0.112 e. The molecule has 0 amide bonds. The SMILES string of the molecule is Cc1cccc2c1C13c4c5c6c7c8c9c%10c%11c%12c%13c%14c%15c(c%16c%13c%10c7c4-%16)C1(S2)C1C%15C2c4c7c%10c%13c%15c%16c%17c%18c%19c%20c%21c%22c%23c(c4c4c%22c%19c%16c%104)C2C%14C%12C%23C%21C%11C9C%20C%18C8C6C%17C%15C5C3C%13C71. The molecule has 1 fully saturated rings. The van der Waals surface area contributed by atoms with Crippen LogP contribution in [0, 0.1) is 18.8 Å². The Bertz CT molecular complexity index is 5420. The monoisotopic (exact) mass is 862 g/mol. The third kappa shape index (κ3) is 1.40. The fourth-order valence-electron chi connectivity index (χ4n) is 32.1. The lowest BCUT2D eigenvalue weighted by Gasteiger charge is -2.65. The second-order valence-corrected chi connectivity index (χ2v) is 30.3. The van der Waals surface area contributed by atoms with Crippen molar-refractivity contribution in [3.05, 3.63) is 141 Å². The Morgan fingerprint density at radius 3 is 1.06 bits per heavy atom. The average molecular weight is 863 g/mol. The smallest absolute Gasteiger partial charge is 0.0645 e. The summed E-state index contributed by atoms with van der Waals surface area (Å²) in [5.41, 5.74) is 48.2. The van der Waals surface area contributed by atoms with Gasteiger partial charge in [-0.3, -0.25) is 0 Å². The van der Waals surface area contributed by atoms with Crippen molar-refractivity contribution < 1.29 is 0 Å². The molecule has 34 rings (SSSR count). The van der Waals surface area contributed by atoms with Crippen molar-refractivity contribution >= 4 is 97.9 Å². The van der Waals surface area contributed by atoms with Gasteiger partial charge in [0.05, 0.1) is 4.75 Å². The molecule has 22 unspecified atom stereocenters. The molecule has 1 saturated carbocycles. The van der Waals surface area contributed by atoms with E-state index >= 15 is 0 Å². The van der Waals surface area contributed by atoms with Gasteiger partial charge in [0.1, 0.15) is 0 Å². The Labute approximate surface area is 387 Å². The Morgan fingerprint density at radius 2 is 0.603 bits per heavy atom. The molecule has 0 radical (unpaired) electrons. The highest BCUT2D eigenvalue weighted by atomic mass is 32.2. The Morgan fingerprint density at radius 1 is 0.294 bits per heavy atom. The van der Waals surface area contributed by atoms with Gasteiger partial charge in [-0.1, -0.05) is 12.1 Å². The van der Waals surface area contributed by atoms with Crippen LogP contribution in [0.4, 0.5) is 0 Å². The highest BCUT2D eigenvalue weighted by Crippen LogP contribution is 3.01. The maximum Gasteiger partial charge on any atom is 0.0645 e.